The Morgan fingerprint density at radius 3 is 2.32 bits per heavy atom. The number of carbonyl (C=O) groups is 4. The summed E-state index contributed by atoms with van der Waals surface area (Å²) in [7, 11) is 0. The second-order valence-corrected chi connectivity index (χ2v) is 10.2. The molecular formula is C26H27N3O7S. The molecule has 0 saturated carbocycles. The maximum atomic E-state index is 13.6. The zero-order valence-corrected chi connectivity index (χ0v) is 21.8. The first kappa shape index (κ1) is 27.5. The van der Waals surface area contributed by atoms with Gasteiger partial charge in [0, 0.05) is 34.4 Å². The second-order valence-electron chi connectivity index (χ2n) is 9.21. The quantitative estimate of drug-likeness (QED) is 0.326. The van der Waals surface area contributed by atoms with Gasteiger partial charge in [-0.3, -0.25) is 9.78 Å². The van der Waals surface area contributed by atoms with E-state index >= 15 is 0 Å². The Labute approximate surface area is 217 Å². The van der Waals surface area contributed by atoms with E-state index in [-0.39, 0.29) is 11.2 Å². The van der Waals surface area contributed by atoms with Crippen molar-refractivity contribution in [2.45, 2.75) is 45.6 Å². The van der Waals surface area contributed by atoms with Gasteiger partial charge in [-0.1, -0.05) is 17.7 Å². The molecule has 1 aromatic carbocycles. The molecule has 10 nitrogen and oxygen atoms in total. The number of hydrogen-bond acceptors (Lipinski definition) is 8. The third-order valence-corrected chi connectivity index (χ3v) is 6.22. The summed E-state index contributed by atoms with van der Waals surface area (Å²) in [5, 5.41) is 20.6. The molecule has 0 radical (unpaired) electrons. The number of rotatable bonds is 3. The van der Waals surface area contributed by atoms with Crippen LogP contribution in [0, 0.1) is 13.8 Å². The minimum atomic E-state index is -1.82. The highest BCUT2D eigenvalue weighted by Gasteiger charge is 2.30. The van der Waals surface area contributed by atoms with Crippen LogP contribution < -0.4 is 5.32 Å². The molecule has 0 saturated heterocycles. The Kier molecular flexibility index (Phi) is 8.07. The van der Waals surface area contributed by atoms with Crippen LogP contribution in [0.15, 0.2) is 53.8 Å². The number of aliphatic carboxylic acids is 2. The number of aryl methyl sites for hydroxylation is 1. The predicted octanol–water partition coefficient (Wildman–Crippen LogP) is 4.65. The van der Waals surface area contributed by atoms with Crippen molar-refractivity contribution >= 4 is 46.5 Å². The topological polar surface area (TPSA) is 148 Å². The normalized spacial score (nSPS) is 14.7. The number of thioether (sulfide) groups is 1. The molecule has 37 heavy (non-hydrogen) atoms. The molecule has 194 valence electrons. The van der Waals surface area contributed by atoms with E-state index in [1.807, 2.05) is 63.4 Å². The zero-order valence-electron chi connectivity index (χ0n) is 20.9. The smallest absolute Gasteiger partial charge is 0.419 e. The Hall–Kier alpha value is -4.12. The Morgan fingerprint density at radius 2 is 1.76 bits per heavy atom. The number of carbonyl (C=O) groups excluding carboxylic acids is 2. The molecule has 1 atom stereocenters. The van der Waals surface area contributed by atoms with Crippen LogP contribution in [0.1, 0.15) is 53.3 Å². The van der Waals surface area contributed by atoms with E-state index in [1.54, 1.807) is 19.3 Å². The number of aromatic nitrogens is 2. The number of benzene rings is 1. The fourth-order valence-electron chi connectivity index (χ4n) is 3.65. The van der Waals surface area contributed by atoms with Gasteiger partial charge in [0.05, 0.1) is 16.8 Å². The van der Waals surface area contributed by atoms with E-state index in [9.17, 15) is 9.59 Å². The van der Waals surface area contributed by atoms with E-state index in [4.69, 9.17) is 24.5 Å². The summed E-state index contributed by atoms with van der Waals surface area (Å²) in [6, 6.07) is 9.58. The first-order valence-corrected chi connectivity index (χ1v) is 12.1. The number of allylic oxidation sites excluding steroid dienone is 1. The average molecular weight is 526 g/mol. The van der Waals surface area contributed by atoms with Crippen molar-refractivity contribution in [1.82, 2.24) is 14.9 Å². The molecular weight excluding hydrogens is 498 g/mol. The first-order chi connectivity index (χ1) is 17.3. The molecule has 2 aromatic heterocycles. The lowest BCUT2D eigenvalue weighted by Crippen LogP contribution is -2.28. The maximum Gasteiger partial charge on any atom is 0.419 e. The van der Waals surface area contributed by atoms with Crippen molar-refractivity contribution in [1.29, 1.82) is 0 Å². The number of hydrogen-bond donors (Lipinski definition) is 3. The lowest BCUT2D eigenvalue weighted by Gasteiger charge is -2.20. The fourth-order valence-corrected chi connectivity index (χ4v) is 4.59. The molecule has 0 spiro atoms. The maximum absolute atomic E-state index is 13.6. The lowest BCUT2D eigenvalue weighted by molar-refractivity contribution is -0.159. The van der Waals surface area contributed by atoms with Gasteiger partial charge in [0.1, 0.15) is 11.0 Å². The molecule has 0 aliphatic carbocycles. The highest BCUT2D eigenvalue weighted by Crippen LogP contribution is 2.37. The summed E-state index contributed by atoms with van der Waals surface area (Å²) in [5.41, 5.74) is 3.61. The number of ether oxygens (including phenoxy) is 1. The number of nitrogens with zero attached hydrogens (tertiary/aromatic N) is 2. The van der Waals surface area contributed by atoms with Crippen molar-refractivity contribution in [3.8, 4) is 0 Å². The van der Waals surface area contributed by atoms with E-state index in [1.165, 1.54) is 16.3 Å². The molecule has 0 fully saturated rings. The highest BCUT2D eigenvalue weighted by atomic mass is 32.2. The number of ketones is 1. The van der Waals surface area contributed by atoms with Crippen LogP contribution in [-0.2, 0) is 14.3 Å². The van der Waals surface area contributed by atoms with Crippen molar-refractivity contribution in [3.05, 3.63) is 76.2 Å². The van der Waals surface area contributed by atoms with E-state index in [0.717, 1.165) is 16.5 Å². The standard InChI is InChI=1S/C24H25N3O3S.C2H2O4/c1-14-8-9-19-17(11-14)20(15(2)27(19)23(29)30-24(3,4)5)21(28)18-13-31-22(26-18)16-7-6-10-25-12-16;3-1(4)2(5)6/h6-13,22,26H,1-5H3;(H,3,4)(H,5,6). The van der Waals surface area contributed by atoms with Crippen LogP contribution in [0.3, 0.4) is 0 Å². The predicted molar refractivity (Wildman–Crippen MR) is 138 cm³/mol. The molecule has 1 aliphatic rings. The number of pyridine rings is 1. The van der Waals surface area contributed by atoms with Crippen molar-refractivity contribution in [2.24, 2.45) is 0 Å². The van der Waals surface area contributed by atoms with Crippen LogP contribution in [-0.4, -0.2) is 49.2 Å². The van der Waals surface area contributed by atoms with Gasteiger partial charge in [-0.2, -0.15) is 0 Å². The molecule has 0 bridgehead atoms. The van der Waals surface area contributed by atoms with Gasteiger partial charge in [-0.05, 0) is 52.8 Å². The average Bonchev–Trinajstić information content (AvgIpc) is 3.41. The van der Waals surface area contributed by atoms with Crippen molar-refractivity contribution in [2.75, 3.05) is 0 Å². The van der Waals surface area contributed by atoms with Crippen LogP contribution in [0.25, 0.3) is 10.9 Å². The Balaban J connectivity index is 0.000000568. The molecule has 3 N–H and O–H groups in total. The molecule has 4 rings (SSSR count). The Morgan fingerprint density at radius 1 is 1.08 bits per heavy atom. The van der Waals surface area contributed by atoms with E-state index in [2.05, 4.69) is 10.3 Å². The van der Waals surface area contributed by atoms with Crippen LogP contribution in [0.5, 0.6) is 0 Å². The van der Waals surface area contributed by atoms with Gasteiger partial charge >= 0.3 is 18.0 Å². The summed E-state index contributed by atoms with van der Waals surface area (Å²) in [6.07, 6.45) is 3.02. The minimum Gasteiger partial charge on any atom is -0.473 e. The molecule has 0 amide bonds. The van der Waals surface area contributed by atoms with Gasteiger partial charge in [-0.25, -0.2) is 19.0 Å². The number of nitrogens with one attached hydrogen (secondary N) is 1. The lowest BCUT2D eigenvalue weighted by atomic mass is 10.0. The third-order valence-electron chi connectivity index (χ3n) is 5.19. The summed E-state index contributed by atoms with van der Waals surface area (Å²) in [5.74, 6) is -3.79. The van der Waals surface area contributed by atoms with Gasteiger partial charge in [0.15, 0.2) is 0 Å². The Bertz CT molecular complexity index is 1390. The monoisotopic (exact) mass is 525 g/mol. The molecule has 11 heteroatoms. The second kappa shape index (κ2) is 10.9. The molecule has 1 unspecified atom stereocenters. The van der Waals surface area contributed by atoms with Gasteiger partial charge in [-0.15, -0.1) is 11.8 Å². The summed E-state index contributed by atoms with van der Waals surface area (Å²) in [4.78, 5) is 48.9. The number of carboxylic acids is 2. The van der Waals surface area contributed by atoms with E-state index in [0.29, 0.717) is 22.5 Å². The van der Waals surface area contributed by atoms with Gasteiger partial charge < -0.3 is 20.3 Å². The van der Waals surface area contributed by atoms with Crippen molar-refractivity contribution < 1.29 is 34.1 Å². The fraction of sp³-hybridized carbons (Fsp3) is 0.269. The summed E-state index contributed by atoms with van der Waals surface area (Å²) >= 11 is 1.53. The minimum absolute atomic E-state index is 0.0751. The largest absolute Gasteiger partial charge is 0.473 e. The summed E-state index contributed by atoms with van der Waals surface area (Å²) in [6.45, 7) is 9.23. The molecule has 3 heterocycles. The number of carboxylic acid groups (broad SMARTS) is 2. The van der Waals surface area contributed by atoms with Crippen LogP contribution in [0.2, 0.25) is 0 Å². The third kappa shape index (κ3) is 6.36. The highest BCUT2D eigenvalue weighted by molar-refractivity contribution is 8.02. The number of fused-ring (bicyclic) bond motifs is 1. The van der Waals surface area contributed by atoms with E-state index < -0.39 is 23.6 Å². The van der Waals surface area contributed by atoms with Gasteiger partial charge in [0.2, 0.25) is 5.78 Å². The van der Waals surface area contributed by atoms with Crippen molar-refractivity contribution in [3.63, 3.8) is 0 Å². The summed E-state index contributed by atoms with van der Waals surface area (Å²) < 4.78 is 7.10. The molecule has 3 aromatic rings. The van der Waals surface area contributed by atoms with Crippen LogP contribution in [0.4, 0.5) is 4.79 Å². The zero-order chi connectivity index (χ0) is 27.5. The number of Topliss-reactive ketones (excluding diaryl/α,β-unsaturated/α-hetero) is 1. The SMILES string of the molecule is Cc1ccc2c(c1)c(C(=O)C1=CSC(c3cccnc3)N1)c(C)n2C(=O)OC(C)(C)C.O=C(O)C(=O)O. The molecule has 1 aliphatic heterocycles. The van der Waals surface area contributed by atoms with Gasteiger partial charge in [0.25, 0.3) is 0 Å². The van der Waals surface area contributed by atoms with Crippen LogP contribution >= 0.6 is 11.8 Å². The first-order valence-electron chi connectivity index (χ1n) is 11.2.